The minimum atomic E-state index is -4.41. The molecular formula is C51H61F3N10O2. The molecule has 12 nitrogen and oxygen atoms in total. The van der Waals surface area contributed by atoms with E-state index in [9.17, 15) is 22.8 Å². The highest BCUT2D eigenvalue weighted by Gasteiger charge is 2.30. The zero-order valence-electron chi connectivity index (χ0n) is 37.4. The molecule has 6 aromatic rings. The summed E-state index contributed by atoms with van der Waals surface area (Å²) in [6, 6.07) is 25.7. The van der Waals surface area contributed by atoms with Crippen LogP contribution < -0.4 is 37.6 Å². The van der Waals surface area contributed by atoms with Gasteiger partial charge in [-0.3, -0.25) is 9.59 Å². The van der Waals surface area contributed by atoms with Crippen molar-refractivity contribution in [1.82, 2.24) is 35.4 Å². The van der Waals surface area contributed by atoms with Gasteiger partial charge in [0.25, 0.3) is 11.8 Å². The molecule has 5 heterocycles. The Labute approximate surface area is 384 Å². The minimum absolute atomic E-state index is 0.171. The van der Waals surface area contributed by atoms with E-state index in [2.05, 4.69) is 48.7 Å². The number of hydrogen-bond donors (Lipinski definition) is 7. The first-order valence-corrected chi connectivity index (χ1v) is 23.1. The Bertz CT molecular complexity index is 2550. The Morgan fingerprint density at radius 1 is 0.818 bits per heavy atom. The number of nitrogens with one attached hydrogen (secondary N) is 6. The second kappa shape index (κ2) is 23.6. The van der Waals surface area contributed by atoms with Crippen LogP contribution in [0, 0.1) is 11.8 Å². The summed E-state index contributed by atoms with van der Waals surface area (Å²) in [5.41, 5.74) is 11.7. The van der Waals surface area contributed by atoms with Gasteiger partial charge in [0.2, 0.25) is 0 Å². The van der Waals surface area contributed by atoms with Crippen molar-refractivity contribution in [3.63, 3.8) is 0 Å². The molecule has 2 saturated heterocycles. The molecule has 8 rings (SSSR count). The van der Waals surface area contributed by atoms with Crippen LogP contribution in [-0.4, -0.2) is 84.0 Å². The number of aryl methyl sites for hydroxylation is 1. The number of benzene rings is 3. The molecule has 0 spiro atoms. The number of piperidine rings is 1. The number of anilines is 3. The maximum Gasteiger partial charge on any atom is 0.406 e. The number of fused-ring (bicyclic) bond motifs is 2. The van der Waals surface area contributed by atoms with Crippen LogP contribution in [0.2, 0.25) is 0 Å². The lowest BCUT2D eigenvalue weighted by Crippen LogP contribution is -2.35. The molecule has 0 radical (unpaired) electrons. The number of unbranched alkanes of at least 4 members (excludes halogenated alkanes) is 1. The Kier molecular flexibility index (Phi) is 17.0. The highest BCUT2D eigenvalue weighted by molar-refractivity contribution is 5.97. The largest absolute Gasteiger partial charge is 0.406 e. The average molecular weight is 903 g/mol. The molecular weight excluding hydrogens is 842 g/mol. The number of alkyl halides is 3. The Morgan fingerprint density at radius 2 is 1.55 bits per heavy atom. The maximum atomic E-state index is 13.6. The third-order valence-electron chi connectivity index (χ3n) is 11.8. The Morgan fingerprint density at radius 3 is 2.30 bits per heavy atom. The summed E-state index contributed by atoms with van der Waals surface area (Å²) in [6.07, 6.45) is 8.96. The number of aromatic nitrogens is 3. The molecule has 3 aromatic carbocycles. The van der Waals surface area contributed by atoms with E-state index in [4.69, 9.17) is 5.73 Å². The third-order valence-corrected chi connectivity index (χ3v) is 11.8. The first-order valence-electron chi connectivity index (χ1n) is 23.1. The lowest BCUT2D eigenvalue weighted by molar-refractivity contribution is -0.140. The monoisotopic (exact) mass is 902 g/mol. The number of nitrogen functional groups attached to an aromatic ring is 1. The summed E-state index contributed by atoms with van der Waals surface area (Å²) in [4.78, 5) is 30.1. The normalized spacial score (nSPS) is 14.3. The van der Waals surface area contributed by atoms with E-state index in [1.54, 1.807) is 48.7 Å². The van der Waals surface area contributed by atoms with Gasteiger partial charge in [0.1, 0.15) is 12.2 Å². The van der Waals surface area contributed by atoms with Gasteiger partial charge in [-0.05, 0) is 149 Å². The summed E-state index contributed by atoms with van der Waals surface area (Å²) in [6.45, 7) is 5.09. The number of carbonyl (C=O) groups excluding carboxylic acids is 2. The highest BCUT2D eigenvalue weighted by atomic mass is 19.4. The van der Waals surface area contributed by atoms with Crippen LogP contribution in [0.25, 0.3) is 21.9 Å². The zero-order chi connectivity index (χ0) is 46.1. The highest BCUT2D eigenvalue weighted by Crippen LogP contribution is 2.31. The summed E-state index contributed by atoms with van der Waals surface area (Å²) >= 11 is 0. The Hall–Kier alpha value is -6.50. The molecule has 0 saturated carbocycles. The fourth-order valence-corrected chi connectivity index (χ4v) is 8.25. The van der Waals surface area contributed by atoms with E-state index in [-0.39, 0.29) is 24.4 Å². The molecule has 0 bridgehead atoms. The lowest BCUT2D eigenvalue weighted by Gasteiger charge is -2.25. The van der Waals surface area contributed by atoms with Crippen molar-refractivity contribution < 1.29 is 22.8 Å². The minimum Gasteiger partial charge on any atom is -0.399 e. The molecule has 2 aliphatic rings. The fourth-order valence-electron chi connectivity index (χ4n) is 8.25. The summed E-state index contributed by atoms with van der Waals surface area (Å²) in [5, 5.41) is 20.9. The molecule has 2 amide bonds. The van der Waals surface area contributed by atoms with E-state index in [1.807, 2.05) is 53.2 Å². The molecule has 15 heteroatoms. The van der Waals surface area contributed by atoms with Crippen molar-refractivity contribution in [3.8, 4) is 11.8 Å². The maximum absolute atomic E-state index is 13.6. The lowest BCUT2D eigenvalue weighted by atomic mass is 10.1. The predicted molar refractivity (Wildman–Crippen MR) is 259 cm³/mol. The van der Waals surface area contributed by atoms with E-state index < -0.39 is 12.7 Å². The zero-order valence-corrected chi connectivity index (χ0v) is 37.4. The first kappa shape index (κ1) is 47.5. The fraction of sp³-hybridized carbons (Fsp3) is 0.392. The molecule has 8 N–H and O–H groups in total. The molecule has 2 fully saturated rings. The molecule has 0 aliphatic carbocycles. The van der Waals surface area contributed by atoms with Crippen molar-refractivity contribution in [2.24, 2.45) is 0 Å². The van der Waals surface area contributed by atoms with Crippen LogP contribution >= 0.6 is 0 Å². The van der Waals surface area contributed by atoms with E-state index >= 15 is 0 Å². The summed E-state index contributed by atoms with van der Waals surface area (Å²) < 4.78 is 44.2. The van der Waals surface area contributed by atoms with Crippen LogP contribution in [0.1, 0.15) is 83.3 Å². The van der Waals surface area contributed by atoms with E-state index in [0.717, 1.165) is 66.7 Å². The van der Waals surface area contributed by atoms with Crippen molar-refractivity contribution >= 4 is 50.8 Å². The third kappa shape index (κ3) is 14.0. The van der Waals surface area contributed by atoms with Crippen LogP contribution in [0.5, 0.6) is 0 Å². The van der Waals surface area contributed by atoms with Crippen LogP contribution in [-0.2, 0) is 19.5 Å². The average Bonchev–Trinajstić information content (AvgIpc) is 3.73. The number of amides is 2. The van der Waals surface area contributed by atoms with Crippen molar-refractivity contribution in [1.29, 1.82) is 0 Å². The van der Waals surface area contributed by atoms with Gasteiger partial charge in [0.15, 0.2) is 0 Å². The smallest absolute Gasteiger partial charge is 0.399 e. The van der Waals surface area contributed by atoms with Gasteiger partial charge in [-0.15, -0.1) is 0 Å². The van der Waals surface area contributed by atoms with Gasteiger partial charge in [-0.25, -0.2) is 4.98 Å². The topological polar surface area (TPSA) is 155 Å². The standard InChI is InChI=1S/C45H48F3N9O2.C6H13N/c46-45(47,48)30-57-38(28-39-40(6-3-7-41(39)57)55-37-17-22-50-23-18-37)5-4-21-51-36-14-10-32(11-15-36)43(58)52-20-1-2-25-56-26-19-33-27-34(29-54-42(33)56)44(59)53-24-16-31-8-12-35(49)13-9-31;1-2-4-6-7-5-3-1/h3,6-15,19,26-29,37,50-51,55H,1-2,16-18,20-25,30,49H2,(H,52,58)(H,53,59);7H,1-6H2. The molecule has 3 aromatic heterocycles. The number of nitrogens with two attached hydrogens (primary N) is 1. The second-order valence-electron chi connectivity index (χ2n) is 16.9. The SMILES string of the molecule is C1CCCNCC1.Nc1ccc(CCNC(=O)c2cnc3c(ccn3CCCCNC(=O)c3ccc(NCC#Cc4cc5c(NC6CCNCC6)cccc5n4CC(F)(F)F)cc3)c2)cc1. The summed E-state index contributed by atoms with van der Waals surface area (Å²) in [7, 11) is 0. The number of nitrogens with zero attached hydrogens (tertiary/aromatic N) is 3. The van der Waals surface area contributed by atoms with Gasteiger partial charge in [-0.2, -0.15) is 13.2 Å². The van der Waals surface area contributed by atoms with Crippen LogP contribution in [0.3, 0.4) is 0 Å². The Balaban J connectivity index is 0.000000846. The quantitative estimate of drug-likeness (QED) is 0.0310. The van der Waals surface area contributed by atoms with Crippen LogP contribution in [0.15, 0.2) is 97.3 Å². The summed E-state index contributed by atoms with van der Waals surface area (Å²) in [5.74, 6) is 5.57. The van der Waals surface area contributed by atoms with Gasteiger partial charge < -0.3 is 46.8 Å². The van der Waals surface area contributed by atoms with Crippen LogP contribution in [0.4, 0.5) is 30.2 Å². The van der Waals surface area contributed by atoms with Gasteiger partial charge in [-0.1, -0.05) is 37.0 Å². The number of pyridine rings is 1. The van der Waals surface area contributed by atoms with Gasteiger partial charge in [0.05, 0.1) is 23.3 Å². The molecule has 2 aliphatic heterocycles. The molecule has 66 heavy (non-hydrogen) atoms. The number of halogens is 3. The first-order chi connectivity index (χ1) is 32.1. The second-order valence-corrected chi connectivity index (χ2v) is 16.9. The van der Waals surface area contributed by atoms with Gasteiger partial charge in [0, 0.05) is 71.5 Å². The molecule has 348 valence electrons. The van der Waals surface area contributed by atoms with Gasteiger partial charge >= 0.3 is 6.18 Å². The van der Waals surface area contributed by atoms with Crippen molar-refractivity contribution in [3.05, 3.63) is 120 Å². The van der Waals surface area contributed by atoms with Crippen molar-refractivity contribution in [2.75, 3.05) is 62.2 Å². The number of carbonyl (C=O) groups is 2. The van der Waals surface area contributed by atoms with E-state index in [1.165, 1.54) is 43.3 Å². The number of hydrogen-bond acceptors (Lipinski definition) is 8. The predicted octanol–water partition coefficient (Wildman–Crippen LogP) is 8.10. The molecule has 0 atom stereocenters. The number of rotatable bonds is 15. The van der Waals surface area contributed by atoms with E-state index in [0.29, 0.717) is 59.5 Å². The molecule has 0 unspecified atom stereocenters. The van der Waals surface area contributed by atoms with Crippen molar-refractivity contribution in [2.45, 2.75) is 83.1 Å².